The maximum absolute atomic E-state index is 13.6. The number of methoxy groups -OCH3 is 1. The van der Waals surface area contributed by atoms with Gasteiger partial charge in [0.15, 0.2) is 11.5 Å². The van der Waals surface area contributed by atoms with E-state index in [9.17, 15) is 14.7 Å². The second-order valence-corrected chi connectivity index (χ2v) is 8.77. The normalized spacial score (nSPS) is 18.3. The van der Waals surface area contributed by atoms with Crippen LogP contribution in [0.4, 0.5) is 5.69 Å². The molecule has 1 N–H and O–H groups in total. The number of carbonyl (C=O) groups is 2. The van der Waals surface area contributed by atoms with Gasteiger partial charge in [0.05, 0.1) is 18.7 Å². The summed E-state index contributed by atoms with van der Waals surface area (Å²) < 4.78 is 17.0. The average molecular weight is 494 g/mol. The molecule has 0 aliphatic carbocycles. The van der Waals surface area contributed by atoms with E-state index in [2.05, 4.69) is 0 Å². The predicted molar refractivity (Wildman–Crippen MR) is 139 cm³/mol. The van der Waals surface area contributed by atoms with Gasteiger partial charge in [-0.25, -0.2) is 0 Å². The van der Waals surface area contributed by atoms with Crippen LogP contribution in [0.15, 0.2) is 90.5 Å². The number of Topliss-reactive ketones (excluding diaryl/α,β-unsaturated/α-hetero) is 1. The Morgan fingerprint density at radius 2 is 1.62 bits per heavy atom. The van der Waals surface area contributed by atoms with E-state index < -0.39 is 17.7 Å². The van der Waals surface area contributed by atoms with Gasteiger partial charge < -0.3 is 19.3 Å². The Hall–Kier alpha value is -4.78. The van der Waals surface area contributed by atoms with Crippen LogP contribution >= 0.6 is 0 Å². The summed E-state index contributed by atoms with van der Waals surface area (Å²) in [6.07, 6.45) is 0. The number of ether oxygens (including phenoxy) is 3. The number of aliphatic hydroxyl groups excluding tert-OH is 1. The number of nitrogens with zero attached hydrogens (tertiary/aromatic N) is 1. The van der Waals surface area contributed by atoms with E-state index in [-0.39, 0.29) is 11.3 Å². The molecule has 1 amide bonds. The van der Waals surface area contributed by atoms with Crippen LogP contribution in [0.25, 0.3) is 16.5 Å². The number of amides is 1. The fourth-order valence-corrected chi connectivity index (χ4v) is 5.04. The van der Waals surface area contributed by atoms with Crippen LogP contribution in [0, 0.1) is 0 Å². The van der Waals surface area contributed by atoms with Crippen molar-refractivity contribution in [2.24, 2.45) is 0 Å². The third-order valence-corrected chi connectivity index (χ3v) is 6.73. The molecule has 2 heterocycles. The van der Waals surface area contributed by atoms with Crippen LogP contribution in [0.5, 0.6) is 17.2 Å². The van der Waals surface area contributed by atoms with E-state index in [4.69, 9.17) is 14.2 Å². The second kappa shape index (κ2) is 9.02. The fraction of sp³-hybridized carbons (Fsp3) is 0.133. The topological polar surface area (TPSA) is 85.3 Å². The lowest BCUT2D eigenvalue weighted by atomic mass is 9.92. The van der Waals surface area contributed by atoms with Crippen molar-refractivity contribution in [2.45, 2.75) is 6.04 Å². The predicted octanol–water partition coefficient (Wildman–Crippen LogP) is 5.25. The molecule has 7 heteroatoms. The summed E-state index contributed by atoms with van der Waals surface area (Å²) in [6.45, 7) is 0.815. The van der Waals surface area contributed by atoms with Gasteiger partial charge in [-0.3, -0.25) is 14.5 Å². The quantitative estimate of drug-likeness (QED) is 0.238. The first-order chi connectivity index (χ1) is 18.1. The van der Waals surface area contributed by atoms with E-state index in [1.807, 2.05) is 42.5 Å². The second-order valence-electron chi connectivity index (χ2n) is 8.77. The molecule has 1 fully saturated rings. The minimum atomic E-state index is -0.933. The molecule has 37 heavy (non-hydrogen) atoms. The molecule has 0 bridgehead atoms. The van der Waals surface area contributed by atoms with E-state index in [0.29, 0.717) is 47.3 Å². The van der Waals surface area contributed by atoms with Crippen molar-refractivity contribution in [3.63, 3.8) is 0 Å². The molecule has 2 aliphatic heterocycles. The Balaban J connectivity index is 1.60. The molecule has 4 aromatic carbocycles. The Morgan fingerprint density at radius 1 is 0.892 bits per heavy atom. The van der Waals surface area contributed by atoms with Crippen LogP contribution in [-0.2, 0) is 9.59 Å². The molecule has 184 valence electrons. The summed E-state index contributed by atoms with van der Waals surface area (Å²) in [6, 6.07) is 24.4. The summed E-state index contributed by atoms with van der Waals surface area (Å²) >= 11 is 0. The number of ketones is 1. The molecule has 1 unspecified atom stereocenters. The van der Waals surface area contributed by atoms with Crippen molar-refractivity contribution >= 4 is 33.9 Å². The van der Waals surface area contributed by atoms with E-state index in [0.717, 1.165) is 10.8 Å². The number of aliphatic hydroxyl groups is 1. The number of hydrogen-bond donors (Lipinski definition) is 1. The minimum Gasteiger partial charge on any atom is -0.507 e. The Morgan fingerprint density at radius 3 is 2.46 bits per heavy atom. The number of fused-ring (bicyclic) bond motifs is 2. The van der Waals surface area contributed by atoms with E-state index >= 15 is 0 Å². The zero-order valence-corrected chi connectivity index (χ0v) is 20.0. The molecule has 4 aromatic rings. The van der Waals surface area contributed by atoms with Gasteiger partial charge in [0.2, 0.25) is 0 Å². The number of benzene rings is 4. The highest BCUT2D eigenvalue weighted by molar-refractivity contribution is 6.52. The molecule has 6 rings (SSSR count). The Labute approximate surface area is 213 Å². The molecule has 7 nitrogen and oxygen atoms in total. The molecule has 0 spiro atoms. The summed E-state index contributed by atoms with van der Waals surface area (Å²) in [5.74, 6) is -0.243. The minimum absolute atomic E-state index is 0.0132. The first-order valence-electron chi connectivity index (χ1n) is 11.9. The highest BCUT2D eigenvalue weighted by Gasteiger charge is 2.48. The average Bonchev–Trinajstić information content (AvgIpc) is 3.21. The fourth-order valence-electron chi connectivity index (χ4n) is 5.04. The molecule has 0 saturated carbocycles. The summed E-state index contributed by atoms with van der Waals surface area (Å²) in [4.78, 5) is 28.6. The molecule has 1 saturated heterocycles. The monoisotopic (exact) mass is 493 g/mol. The lowest BCUT2D eigenvalue weighted by molar-refractivity contribution is -0.132. The molecular formula is C30H23NO6. The van der Waals surface area contributed by atoms with Crippen molar-refractivity contribution in [2.75, 3.05) is 25.2 Å². The van der Waals surface area contributed by atoms with Crippen molar-refractivity contribution in [1.29, 1.82) is 0 Å². The maximum Gasteiger partial charge on any atom is 0.300 e. The first-order valence-corrected chi connectivity index (χ1v) is 11.9. The third-order valence-electron chi connectivity index (χ3n) is 6.73. The van der Waals surface area contributed by atoms with Crippen molar-refractivity contribution < 1.29 is 28.9 Å². The van der Waals surface area contributed by atoms with Crippen LogP contribution < -0.4 is 19.1 Å². The number of hydrogen-bond acceptors (Lipinski definition) is 6. The highest BCUT2D eigenvalue weighted by atomic mass is 16.6. The zero-order chi connectivity index (χ0) is 25.5. The largest absolute Gasteiger partial charge is 0.507 e. The number of carbonyl (C=O) groups excluding carboxylic acids is 2. The van der Waals surface area contributed by atoms with Gasteiger partial charge in [0, 0.05) is 22.9 Å². The standard InChI is InChI=1S/C30H23NO6/c1-35-23-12-5-4-10-22(23)27-26(28(32)21-11-6-8-18-7-2-3-9-20(18)21)29(33)30(34)31(27)19-13-14-24-25(17-19)37-16-15-36-24/h2-14,17,27,32H,15-16H2,1H3/b28-26+. The lowest BCUT2D eigenvalue weighted by Gasteiger charge is -2.28. The van der Waals surface area contributed by atoms with Crippen LogP contribution in [0.3, 0.4) is 0 Å². The molecule has 2 aliphatic rings. The SMILES string of the molecule is COc1ccccc1C1/C(=C(\O)c2cccc3ccccc23)C(=O)C(=O)N1c1ccc2c(c1)OCCO2. The Bertz CT molecular complexity index is 1590. The first kappa shape index (κ1) is 22.7. The van der Waals surface area contributed by atoms with Crippen molar-refractivity contribution in [3.05, 3.63) is 102 Å². The summed E-state index contributed by atoms with van der Waals surface area (Å²) in [7, 11) is 1.53. The smallest absolute Gasteiger partial charge is 0.300 e. The third kappa shape index (κ3) is 3.67. The summed E-state index contributed by atoms with van der Waals surface area (Å²) in [5.41, 5.74) is 1.47. The lowest BCUT2D eigenvalue weighted by Crippen LogP contribution is -2.30. The van der Waals surface area contributed by atoms with Gasteiger partial charge in [-0.1, -0.05) is 60.7 Å². The van der Waals surface area contributed by atoms with Crippen LogP contribution in [0.1, 0.15) is 17.2 Å². The zero-order valence-electron chi connectivity index (χ0n) is 20.0. The highest BCUT2D eigenvalue weighted by Crippen LogP contribution is 2.47. The van der Waals surface area contributed by atoms with Gasteiger partial charge in [-0.05, 0) is 29.0 Å². The number of anilines is 1. The molecule has 0 radical (unpaired) electrons. The van der Waals surface area contributed by atoms with Crippen LogP contribution in [-0.4, -0.2) is 37.1 Å². The molecular weight excluding hydrogens is 470 g/mol. The summed E-state index contributed by atoms with van der Waals surface area (Å²) in [5, 5.41) is 13.3. The van der Waals surface area contributed by atoms with Gasteiger partial charge in [-0.2, -0.15) is 0 Å². The van der Waals surface area contributed by atoms with Gasteiger partial charge >= 0.3 is 0 Å². The van der Waals surface area contributed by atoms with Gasteiger partial charge in [0.1, 0.15) is 24.7 Å². The maximum atomic E-state index is 13.6. The van der Waals surface area contributed by atoms with Crippen molar-refractivity contribution in [1.82, 2.24) is 0 Å². The van der Waals surface area contributed by atoms with Crippen LogP contribution in [0.2, 0.25) is 0 Å². The van der Waals surface area contributed by atoms with Gasteiger partial charge in [0.25, 0.3) is 11.7 Å². The number of para-hydroxylation sites is 1. The molecule has 0 aromatic heterocycles. The van der Waals surface area contributed by atoms with Gasteiger partial charge in [-0.15, -0.1) is 0 Å². The number of rotatable bonds is 4. The Kier molecular flexibility index (Phi) is 5.53. The van der Waals surface area contributed by atoms with E-state index in [1.165, 1.54) is 12.0 Å². The van der Waals surface area contributed by atoms with Crippen molar-refractivity contribution in [3.8, 4) is 17.2 Å². The molecule has 1 atom stereocenters. The van der Waals surface area contributed by atoms with E-state index in [1.54, 1.807) is 42.5 Å².